The quantitative estimate of drug-likeness (QED) is 0.873. The Morgan fingerprint density at radius 3 is 2.56 bits per heavy atom. The second-order valence-electron chi connectivity index (χ2n) is 3.73. The third-order valence-corrected chi connectivity index (χ3v) is 2.59. The van der Waals surface area contributed by atoms with Crippen LogP contribution < -0.4 is 5.32 Å². The highest BCUT2D eigenvalue weighted by Gasteiger charge is 2.22. The lowest BCUT2D eigenvalue weighted by molar-refractivity contribution is 0.250. The molecule has 18 heavy (non-hydrogen) atoms. The van der Waals surface area contributed by atoms with Crippen molar-refractivity contribution in [3.05, 3.63) is 48.3 Å². The van der Waals surface area contributed by atoms with Gasteiger partial charge in [0.2, 0.25) is 0 Å². The third-order valence-electron chi connectivity index (χ3n) is 2.59. The number of hydrogen-bond donors (Lipinski definition) is 1. The lowest BCUT2D eigenvalue weighted by Gasteiger charge is -2.11. The summed E-state index contributed by atoms with van der Waals surface area (Å²) in [4.78, 5) is 19.5. The molecule has 6 nitrogen and oxygen atoms in total. The minimum atomic E-state index is -0.461. The lowest BCUT2D eigenvalue weighted by Crippen LogP contribution is -2.18. The number of carbonyl (C=O) groups is 1. The maximum absolute atomic E-state index is 11.1. The Hall–Kier alpha value is -2.63. The standard InChI is InChI=1S/C12H9N5O/c18-12-15-11(16-17-12)9-5-2-1-4-8(9)10-13-6-3-7-14-10/h1-7,11H,(H,15,18). The summed E-state index contributed by atoms with van der Waals surface area (Å²) in [6.45, 7) is 0. The first-order valence-corrected chi connectivity index (χ1v) is 5.42. The van der Waals surface area contributed by atoms with Gasteiger partial charge < -0.3 is 5.32 Å². The summed E-state index contributed by atoms with van der Waals surface area (Å²) in [6, 6.07) is 8.86. The maximum atomic E-state index is 11.1. The van der Waals surface area contributed by atoms with Crippen molar-refractivity contribution in [2.45, 2.75) is 6.17 Å². The van der Waals surface area contributed by atoms with Crippen LogP contribution in [0.3, 0.4) is 0 Å². The molecule has 0 saturated carbocycles. The number of nitrogens with one attached hydrogen (secondary N) is 1. The van der Waals surface area contributed by atoms with Crippen molar-refractivity contribution < 1.29 is 4.79 Å². The van der Waals surface area contributed by atoms with Crippen molar-refractivity contribution >= 4 is 6.03 Å². The van der Waals surface area contributed by atoms with Gasteiger partial charge in [-0.25, -0.2) is 14.8 Å². The van der Waals surface area contributed by atoms with E-state index >= 15 is 0 Å². The van der Waals surface area contributed by atoms with Crippen molar-refractivity contribution in [1.82, 2.24) is 15.3 Å². The van der Waals surface area contributed by atoms with Gasteiger partial charge in [0, 0.05) is 23.5 Å². The largest absolute Gasteiger partial charge is 0.361 e. The van der Waals surface area contributed by atoms with Gasteiger partial charge in [-0.15, -0.1) is 0 Å². The van der Waals surface area contributed by atoms with Gasteiger partial charge in [-0.1, -0.05) is 29.4 Å². The van der Waals surface area contributed by atoms with Crippen molar-refractivity contribution in [2.75, 3.05) is 0 Å². The molecule has 1 aromatic heterocycles. The number of amides is 2. The number of nitrogens with zero attached hydrogens (tertiary/aromatic N) is 4. The summed E-state index contributed by atoms with van der Waals surface area (Å²) in [5.41, 5.74) is 1.67. The number of aromatic nitrogens is 2. The van der Waals surface area contributed by atoms with E-state index in [4.69, 9.17) is 0 Å². The van der Waals surface area contributed by atoms with Gasteiger partial charge in [0.1, 0.15) is 0 Å². The highest BCUT2D eigenvalue weighted by Crippen LogP contribution is 2.28. The maximum Gasteiger partial charge on any atom is 0.361 e. The average Bonchev–Trinajstić information content (AvgIpc) is 2.86. The van der Waals surface area contributed by atoms with Crippen LogP contribution in [0.25, 0.3) is 11.4 Å². The van der Waals surface area contributed by atoms with Gasteiger partial charge >= 0.3 is 6.03 Å². The number of benzene rings is 1. The fraction of sp³-hybridized carbons (Fsp3) is 0.0833. The minimum Gasteiger partial charge on any atom is -0.307 e. The topological polar surface area (TPSA) is 79.6 Å². The van der Waals surface area contributed by atoms with E-state index in [0.29, 0.717) is 5.82 Å². The fourth-order valence-electron chi connectivity index (χ4n) is 1.80. The molecule has 0 spiro atoms. The molecule has 0 saturated heterocycles. The van der Waals surface area contributed by atoms with Gasteiger partial charge in [0.15, 0.2) is 12.0 Å². The van der Waals surface area contributed by atoms with Gasteiger partial charge in [0.25, 0.3) is 0 Å². The van der Waals surface area contributed by atoms with E-state index in [-0.39, 0.29) is 0 Å². The van der Waals surface area contributed by atoms with E-state index in [9.17, 15) is 4.79 Å². The van der Waals surface area contributed by atoms with Gasteiger partial charge in [-0.05, 0) is 6.07 Å². The Kier molecular flexibility index (Phi) is 2.53. The third kappa shape index (κ3) is 1.84. The summed E-state index contributed by atoms with van der Waals surface area (Å²) in [5.74, 6) is 0.601. The molecular weight excluding hydrogens is 230 g/mol. The number of rotatable bonds is 2. The molecule has 0 aliphatic carbocycles. The minimum absolute atomic E-state index is 0.427. The van der Waals surface area contributed by atoms with E-state index in [1.54, 1.807) is 18.5 Å². The summed E-state index contributed by atoms with van der Waals surface area (Å²) in [5, 5.41) is 10.00. The molecular formula is C12H9N5O. The highest BCUT2D eigenvalue weighted by atomic mass is 16.2. The summed E-state index contributed by atoms with van der Waals surface area (Å²) in [7, 11) is 0. The average molecular weight is 239 g/mol. The molecule has 1 aromatic carbocycles. The van der Waals surface area contributed by atoms with Crippen LogP contribution in [0, 0.1) is 0 Å². The molecule has 1 N–H and O–H groups in total. The second-order valence-corrected chi connectivity index (χ2v) is 3.73. The van der Waals surface area contributed by atoms with Gasteiger partial charge in [-0.2, -0.15) is 5.11 Å². The smallest absolute Gasteiger partial charge is 0.307 e. The zero-order valence-electron chi connectivity index (χ0n) is 9.32. The zero-order valence-corrected chi connectivity index (χ0v) is 9.32. The SMILES string of the molecule is O=C1N=NC(c2ccccc2-c2ncccn2)N1. The Labute approximate surface area is 103 Å². The van der Waals surface area contributed by atoms with E-state index < -0.39 is 12.2 Å². The van der Waals surface area contributed by atoms with Crippen LogP contribution in [-0.2, 0) is 0 Å². The molecule has 88 valence electrons. The van der Waals surface area contributed by atoms with Crippen molar-refractivity contribution in [2.24, 2.45) is 10.2 Å². The Morgan fingerprint density at radius 1 is 1.06 bits per heavy atom. The van der Waals surface area contributed by atoms with Crippen LogP contribution in [0.4, 0.5) is 4.79 Å². The first-order valence-electron chi connectivity index (χ1n) is 5.42. The fourth-order valence-corrected chi connectivity index (χ4v) is 1.80. The molecule has 2 aromatic rings. The Morgan fingerprint density at radius 2 is 1.83 bits per heavy atom. The zero-order chi connectivity index (χ0) is 12.4. The summed E-state index contributed by atoms with van der Waals surface area (Å²) in [6.07, 6.45) is 2.89. The predicted octanol–water partition coefficient (Wildman–Crippen LogP) is 2.32. The van der Waals surface area contributed by atoms with E-state index in [1.807, 2.05) is 24.3 Å². The summed E-state index contributed by atoms with van der Waals surface area (Å²) < 4.78 is 0. The Bertz CT molecular complexity index is 611. The van der Waals surface area contributed by atoms with Crippen LogP contribution in [0.5, 0.6) is 0 Å². The summed E-state index contributed by atoms with van der Waals surface area (Å²) >= 11 is 0. The molecule has 6 heteroatoms. The predicted molar refractivity (Wildman–Crippen MR) is 63.6 cm³/mol. The number of urea groups is 1. The van der Waals surface area contributed by atoms with Crippen LogP contribution in [-0.4, -0.2) is 16.0 Å². The van der Waals surface area contributed by atoms with Crippen molar-refractivity contribution in [3.63, 3.8) is 0 Å². The molecule has 1 atom stereocenters. The molecule has 0 fully saturated rings. The monoisotopic (exact) mass is 239 g/mol. The first kappa shape index (κ1) is 10.5. The van der Waals surface area contributed by atoms with Crippen molar-refractivity contribution in [1.29, 1.82) is 0 Å². The molecule has 1 aliphatic heterocycles. The van der Waals surface area contributed by atoms with Gasteiger partial charge in [0.05, 0.1) is 0 Å². The molecule has 0 radical (unpaired) electrons. The van der Waals surface area contributed by atoms with Crippen LogP contribution in [0.15, 0.2) is 53.0 Å². The molecule has 3 rings (SSSR count). The second kappa shape index (κ2) is 4.33. The molecule has 2 heterocycles. The number of azo groups is 1. The molecule has 1 aliphatic rings. The molecule has 1 unspecified atom stereocenters. The van der Waals surface area contributed by atoms with E-state index in [0.717, 1.165) is 11.1 Å². The van der Waals surface area contributed by atoms with Crippen molar-refractivity contribution in [3.8, 4) is 11.4 Å². The first-order chi connectivity index (χ1) is 8.84. The highest BCUT2D eigenvalue weighted by molar-refractivity contribution is 5.77. The Balaban J connectivity index is 2.06. The van der Waals surface area contributed by atoms with Gasteiger partial charge in [-0.3, -0.25) is 0 Å². The van der Waals surface area contributed by atoms with Crippen LogP contribution >= 0.6 is 0 Å². The van der Waals surface area contributed by atoms with E-state index in [1.165, 1.54) is 0 Å². The number of carbonyl (C=O) groups excluding carboxylic acids is 1. The number of hydrogen-bond acceptors (Lipinski definition) is 4. The molecule has 2 amide bonds. The van der Waals surface area contributed by atoms with Crippen LogP contribution in [0.2, 0.25) is 0 Å². The molecule has 0 bridgehead atoms. The van der Waals surface area contributed by atoms with Crippen LogP contribution in [0.1, 0.15) is 11.7 Å². The van der Waals surface area contributed by atoms with E-state index in [2.05, 4.69) is 25.5 Å². The normalized spacial score (nSPS) is 17.8. The lowest BCUT2D eigenvalue weighted by atomic mass is 10.0.